The number of carbonyl (C=O) groups is 3. The van der Waals surface area contributed by atoms with Gasteiger partial charge in [0.25, 0.3) is 11.8 Å². The van der Waals surface area contributed by atoms with E-state index in [-0.39, 0.29) is 13.0 Å². The minimum atomic E-state index is -3.38. The Balaban J connectivity index is 1.48. The number of carboxylic acids is 1. The molecule has 1 aromatic carbocycles. The van der Waals surface area contributed by atoms with Crippen molar-refractivity contribution in [1.82, 2.24) is 30.2 Å². The molecule has 13 nitrogen and oxygen atoms in total. The van der Waals surface area contributed by atoms with Gasteiger partial charge in [-0.1, -0.05) is 12.1 Å². The summed E-state index contributed by atoms with van der Waals surface area (Å²) in [5, 5.41) is 23.8. The lowest BCUT2D eigenvalue weighted by Crippen LogP contribution is -2.61. The van der Waals surface area contributed by atoms with E-state index in [1.165, 1.54) is 5.01 Å². The molecule has 3 aromatic rings. The van der Waals surface area contributed by atoms with Crippen molar-refractivity contribution in [2.45, 2.75) is 103 Å². The Morgan fingerprint density at radius 3 is 2.60 bits per heavy atom. The largest absolute Gasteiger partial charge is 0.481 e. The van der Waals surface area contributed by atoms with E-state index in [2.05, 4.69) is 26.7 Å². The number of hydrogen-bond donors (Lipinski definition) is 4. The predicted molar refractivity (Wildman–Crippen MR) is 204 cm³/mol. The van der Waals surface area contributed by atoms with Gasteiger partial charge in [-0.05, 0) is 94.8 Å². The van der Waals surface area contributed by atoms with Gasteiger partial charge in [-0.2, -0.15) is 0 Å². The number of hydrazine groups is 1. The van der Waals surface area contributed by atoms with Gasteiger partial charge in [0.1, 0.15) is 18.2 Å². The Bertz CT molecular complexity index is 1890. The molecular formula is C40H54F2N6O7. The molecule has 4 N–H and O–H groups in total. The highest BCUT2D eigenvalue weighted by Crippen LogP contribution is 2.41. The first kappa shape index (κ1) is 41.7. The topological polar surface area (TPSA) is 158 Å². The number of carboxylic acid groups (broad SMARTS) is 1. The molecule has 3 atom stereocenters. The Kier molecular flexibility index (Phi) is 13.3. The van der Waals surface area contributed by atoms with Crippen molar-refractivity contribution >= 4 is 34.4 Å². The van der Waals surface area contributed by atoms with Gasteiger partial charge in [-0.15, -0.1) is 0 Å². The zero-order valence-electron chi connectivity index (χ0n) is 32.5. The van der Waals surface area contributed by atoms with Crippen LogP contribution in [-0.4, -0.2) is 111 Å². The SMILES string of the molecule is CCn1c(-c2cccnc2[C@H](C)OC)c(CC(F)(F)CO)c2cc(C3=CCCN(C[C@H](NC(=O)OC(C)(C)C)C(=O)N4CCC[C@@H](CC(=O)O)N4)C3)ccc21. The second-order valence-electron chi connectivity index (χ2n) is 15.3. The van der Waals surface area contributed by atoms with Gasteiger partial charge < -0.3 is 29.6 Å². The number of carbonyl (C=O) groups excluding carboxylic acids is 2. The molecular weight excluding hydrogens is 714 g/mol. The van der Waals surface area contributed by atoms with E-state index in [9.17, 15) is 24.6 Å². The van der Waals surface area contributed by atoms with Crippen LogP contribution >= 0.6 is 0 Å². The lowest BCUT2D eigenvalue weighted by molar-refractivity contribution is -0.143. The normalized spacial score (nSPS) is 18.2. The summed E-state index contributed by atoms with van der Waals surface area (Å²) in [6.45, 7) is 9.68. The molecule has 300 valence electrons. The smallest absolute Gasteiger partial charge is 0.408 e. The van der Waals surface area contributed by atoms with E-state index in [0.29, 0.717) is 73.3 Å². The summed E-state index contributed by atoms with van der Waals surface area (Å²) in [6, 6.07) is 8.01. The fourth-order valence-electron chi connectivity index (χ4n) is 7.44. The van der Waals surface area contributed by atoms with E-state index in [4.69, 9.17) is 9.47 Å². The van der Waals surface area contributed by atoms with E-state index in [1.807, 2.05) is 42.7 Å². The summed E-state index contributed by atoms with van der Waals surface area (Å²) >= 11 is 0. The van der Waals surface area contributed by atoms with Crippen LogP contribution in [0.2, 0.25) is 0 Å². The number of ether oxygens (including phenoxy) is 2. The fourth-order valence-corrected chi connectivity index (χ4v) is 7.44. The second kappa shape index (κ2) is 17.6. The van der Waals surface area contributed by atoms with E-state index < -0.39 is 60.7 Å². The molecule has 2 aliphatic rings. The van der Waals surface area contributed by atoms with Gasteiger partial charge in [0.15, 0.2) is 0 Å². The van der Waals surface area contributed by atoms with Gasteiger partial charge in [-0.3, -0.25) is 24.5 Å². The maximum Gasteiger partial charge on any atom is 0.408 e. The molecule has 1 fully saturated rings. The van der Waals surface area contributed by atoms with Gasteiger partial charge in [0.05, 0.1) is 23.9 Å². The first-order chi connectivity index (χ1) is 26.0. The molecule has 2 amide bonds. The third kappa shape index (κ3) is 10.3. The lowest BCUT2D eigenvalue weighted by atomic mass is 9.95. The highest BCUT2D eigenvalue weighted by molar-refractivity contribution is 5.95. The molecule has 0 bridgehead atoms. The summed E-state index contributed by atoms with van der Waals surface area (Å²) < 4.78 is 43.4. The molecule has 0 saturated carbocycles. The predicted octanol–water partition coefficient (Wildman–Crippen LogP) is 5.55. The fraction of sp³-hybridized carbons (Fsp3) is 0.550. The number of amides is 2. The van der Waals surface area contributed by atoms with Crippen LogP contribution in [0.25, 0.3) is 27.7 Å². The van der Waals surface area contributed by atoms with Crippen molar-refractivity contribution < 1.29 is 42.9 Å². The number of methoxy groups -OCH3 is 1. The quantitative estimate of drug-likeness (QED) is 0.164. The Hall–Kier alpha value is -4.44. The first-order valence-corrected chi connectivity index (χ1v) is 18.9. The molecule has 0 unspecified atom stereocenters. The molecule has 0 spiro atoms. The molecule has 0 aliphatic carbocycles. The summed E-state index contributed by atoms with van der Waals surface area (Å²) in [4.78, 5) is 45.0. The maximum absolute atomic E-state index is 15.2. The first-order valence-electron chi connectivity index (χ1n) is 18.9. The standard InChI is InChI=1S/C40H54F2N6O7/c1-7-47-33-15-14-26(19-30(33)31(21-40(41,42)24-49)36(47)29-13-8-16-43-35(29)25(2)54-6)27-11-9-17-46(22-27)23-32(44-38(53)55-39(3,4)5)37(52)48-18-10-12-28(45-48)20-34(50)51/h8,11,13-16,19,25,28,32,45,49H,7,9-10,12,17-18,20-24H2,1-6H3,(H,44,53)(H,50,51)/t25-,28-,32-/m0/s1. The number of halogens is 2. The number of nitrogens with zero attached hydrogens (tertiary/aromatic N) is 4. The van der Waals surface area contributed by atoms with Crippen molar-refractivity contribution in [3.63, 3.8) is 0 Å². The number of aromatic nitrogens is 2. The van der Waals surface area contributed by atoms with Gasteiger partial charge in [-0.25, -0.2) is 19.0 Å². The third-order valence-corrected chi connectivity index (χ3v) is 9.97. The summed E-state index contributed by atoms with van der Waals surface area (Å²) in [5.41, 5.74) is 7.03. The monoisotopic (exact) mass is 768 g/mol. The van der Waals surface area contributed by atoms with E-state index in [1.54, 1.807) is 40.1 Å². The van der Waals surface area contributed by atoms with Gasteiger partial charge >= 0.3 is 12.1 Å². The van der Waals surface area contributed by atoms with Crippen LogP contribution in [0.4, 0.5) is 13.6 Å². The highest BCUT2D eigenvalue weighted by atomic mass is 19.3. The number of alkyl carbamates (subject to hydrolysis) is 1. The highest BCUT2D eigenvalue weighted by Gasteiger charge is 2.35. The van der Waals surface area contributed by atoms with Crippen LogP contribution < -0.4 is 10.7 Å². The number of nitrogens with one attached hydrogen (secondary N) is 2. The molecule has 0 radical (unpaired) electrons. The number of alkyl halides is 2. The zero-order chi connectivity index (χ0) is 40.1. The molecule has 2 aromatic heterocycles. The maximum atomic E-state index is 15.2. The van der Waals surface area contributed by atoms with Crippen LogP contribution in [-0.2, 0) is 32.0 Å². The molecule has 55 heavy (non-hydrogen) atoms. The van der Waals surface area contributed by atoms with Gasteiger partial charge in [0.2, 0.25) is 0 Å². The summed E-state index contributed by atoms with van der Waals surface area (Å²) in [7, 11) is 1.57. The Labute approximate surface area is 320 Å². The van der Waals surface area contributed by atoms with Gasteiger partial charge in [0, 0.05) is 75.0 Å². The average Bonchev–Trinajstić information content (AvgIpc) is 3.44. The average molecular weight is 769 g/mol. The number of hydrogen-bond acceptors (Lipinski definition) is 9. The van der Waals surface area contributed by atoms with Crippen LogP contribution in [0.15, 0.2) is 42.6 Å². The number of aliphatic carboxylic acids is 1. The van der Waals surface area contributed by atoms with E-state index >= 15 is 8.78 Å². The molecule has 4 heterocycles. The number of fused-ring (bicyclic) bond motifs is 1. The van der Waals surface area contributed by atoms with Crippen molar-refractivity contribution in [3.05, 3.63) is 59.4 Å². The van der Waals surface area contributed by atoms with E-state index in [0.717, 1.165) is 16.7 Å². The van der Waals surface area contributed by atoms with Crippen LogP contribution in [0.5, 0.6) is 0 Å². The number of aryl methyl sites for hydroxylation is 1. The van der Waals surface area contributed by atoms with Crippen LogP contribution in [0.3, 0.4) is 0 Å². The van der Waals surface area contributed by atoms with Crippen molar-refractivity contribution in [2.75, 3.05) is 39.9 Å². The van der Waals surface area contributed by atoms with Crippen LogP contribution in [0.1, 0.15) is 83.2 Å². The number of rotatable bonds is 14. The van der Waals surface area contributed by atoms with Crippen molar-refractivity contribution in [3.8, 4) is 11.3 Å². The number of pyridine rings is 1. The Morgan fingerprint density at radius 2 is 1.93 bits per heavy atom. The lowest BCUT2D eigenvalue weighted by Gasteiger charge is -2.37. The molecule has 15 heteroatoms. The number of aliphatic hydroxyl groups excluding tert-OH is 1. The molecule has 2 aliphatic heterocycles. The third-order valence-electron chi connectivity index (χ3n) is 9.97. The zero-order valence-corrected chi connectivity index (χ0v) is 32.5. The van der Waals surface area contributed by atoms with Crippen molar-refractivity contribution in [2.24, 2.45) is 0 Å². The summed E-state index contributed by atoms with van der Waals surface area (Å²) in [6.07, 6.45) is 3.60. The number of benzene rings is 1. The minimum absolute atomic E-state index is 0.142. The molecule has 1 saturated heterocycles. The number of aliphatic hydroxyl groups is 1. The van der Waals surface area contributed by atoms with Crippen molar-refractivity contribution in [1.29, 1.82) is 0 Å². The minimum Gasteiger partial charge on any atom is -0.481 e. The molecule has 5 rings (SSSR count). The summed E-state index contributed by atoms with van der Waals surface area (Å²) in [5.74, 6) is -4.76. The second-order valence-corrected chi connectivity index (χ2v) is 15.3. The van der Waals surface area contributed by atoms with Crippen LogP contribution in [0, 0.1) is 0 Å². The Morgan fingerprint density at radius 1 is 1.16 bits per heavy atom.